The molecule has 1 nitrogen and oxygen atoms in total. The van der Waals surface area contributed by atoms with Gasteiger partial charge in [-0.15, -0.1) is 0 Å². The number of hydrogen-bond donors (Lipinski definition) is 0. The molecule has 1 heterocycles. The van der Waals surface area contributed by atoms with Crippen LogP contribution in [0.15, 0.2) is 174 Å². The van der Waals surface area contributed by atoms with Crippen molar-refractivity contribution in [3.05, 3.63) is 170 Å². The minimum Gasteiger partial charge on any atom is -0.455 e. The second kappa shape index (κ2) is 9.94. The molecule has 0 saturated heterocycles. The van der Waals surface area contributed by atoms with Gasteiger partial charge in [-0.25, -0.2) is 0 Å². The second-order valence-electron chi connectivity index (χ2n) is 13.2. The van der Waals surface area contributed by atoms with Crippen molar-refractivity contribution < 1.29 is 16.8 Å². The fourth-order valence-corrected chi connectivity index (χ4v) is 8.39. The third-order valence-corrected chi connectivity index (χ3v) is 10.6. The Balaban J connectivity index is 1.31. The number of benzene rings is 11. The minimum atomic E-state index is -0.502. The normalized spacial score (nSPS) is 14.8. The molecule has 0 bridgehead atoms. The molecular weight excluding hydrogens is 617 g/mol. The number of fused-ring (bicyclic) bond motifs is 9. The molecule has 1 heteroatoms. The van der Waals surface area contributed by atoms with Crippen molar-refractivity contribution in [2.24, 2.45) is 0 Å². The van der Waals surface area contributed by atoms with E-state index < -0.39 is 30.2 Å². The lowest BCUT2D eigenvalue weighted by Gasteiger charge is -2.17. The largest absolute Gasteiger partial charge is 0.455 e. The van der Waals surface area contributed by atoms with Crippen LogP contribution < -0.4 is 0 Å². The molecular formula is C50H28O. The van der Waals surface area contributed by atoms with Crippen LogP contribution in [-0.4, -0.2) is 0 Å². The molecule has 234 valence electrons. The number of rotatable bonds is 2. The van der Waals surface area contributed by atoms with Gasteiger partial charge in [-0.2, -0.15) is 0 Å². The van der Waals surface area contributed by atoms with Gasteiger partial charge in [-0.3, -0.25) is 0 Å². The highest BCUT2D eigenvalue weighted by Gasteiger charge is 2.23. The summed E-state index contributed by atoms with van der Waals surface area (Å²) >= 11 is 0. The van der Waals surface area contributed by atoms with Crippen LogP contribution in [0.5, 0.6) is 0 Å². The fraction of sp³-hybridized carbons (Fsp3) is 0. The molecule has 0 unspecified atom stereocenters. The maximum absolute atomic E-state index is 9.67. The summed E-state index contributed by atoms with van der Waals surface area (Å²) in [5.41, 5.74) is 3.60. The minimum absolute atomic E-state index is 0.0587. The standard InChI is InChI=1S/C50H28O/c1-4-13-35-29(8-1)18-23-41-44(35)28-34-10-3-5-14-36(34)47(41)42-27-26-40(48-43-25-19-30-9-2-6-15-37(30)49(43)51-50(42)48)38-22-20-33-17-16-31-11-7-12-32-21-24-39(38)46(33)45(31)32/h1-28H/i7D,11D,12D,16D,17D,20D,21D,22D,24D. The van der Waals surface area contributed by atoms with Crippen molar-refractivity contribution in [2.75, 3.05) is 0 Å². The molecule has 0 fully saturated rings. The first-order valence-electron chi connectivity index (χ1n) is 21.4. The summed E-state index contributed by atoms with van der Waals surface area (Å²) in [5, 5.41) is 9.84. The molecule has 0 amide bonds. The Morgan fingerprint density at radius 1 is 0.333 bits per heavy atom. The first-order valence-corrected chi connectivity index (χ1v) is 16.9. The van der Waals surface area contributed by atoms with Crippen molar-refractivity contribution in [3.63, 3.8) is 0 Å². The smallest absolute Gasteiger partial charge is 0.143 e. The SMILES string of the molecule is [2H]c1c([2H])c2c([2H])c([2H])c3c([2H])c([2H])c(-c4ccc(-c5c6ccccc6cc6c5ccc5ccccc56)c5oc6c7ccccc7ccc6c45)c4c([2H])c([2H])c(c1[2H])c2c34. The van der Waals surface area contributed by atoms with E-state index in [1.807, 2.05) is 72.8 Å². The van der Waals surface area contributed by atoms with Gasteiger partial charge in [0.1, 0.15) is 11.2 Å². The van der Waals surface area contributed by atoms with Crippen LogP contribution in [0.3, 0.4) is 0 Å². The van der Waals surface area contributed by atoms with Crippen molar-refractivity contribution in [3.8, 4) is 22.3 Å². The van der Waals surface area contributed by atoms with E-state index in [1.54, 1.807) is 0 Å². The Kier molecular flexibility index (Phi) is 3.91. The second-order valence-corrected chi connectivity index (χ2v) is 13.2. The molecule has 0 aliphatic carbocycles. The van der Waals surface area contributed by atoms with E-state index in [4.69, 9.17) is 11.3 Å². The molecule has 11 aromatic carbocycles. The molecule has 1 aromatic heterocycles. The highest BCUT2D eigenvalue weighted by Crippen LogP contribution is 2.49. The summed E-state index contributed by atoms with van der Waals surface area (Å²) in [4.78, 5) is 0. The van der Waals surface area contributed by atoms with Gasteiger partial charge in [0, 0.05) is 27.3 Å². The highest BCUT2D eigenvalue weighted by atomic mass is 16.3. The Hall–Kier alpha value is -6.70. The predicted octanol–water partition coefficient (Wildman–Crippen LogP) is 14.4. The molecule has 0 aliphatic heterocycles. The summed E-state index contributed by atoms with van der Waals surface area (Å²) in [6, 6.07) is 35.4. The van der Waals surface area contributed by atoms with E-state index in [1.165, 1.54) is 0 Å². The van der Waals surface area contributed by atoms with Gasteiger partial charge in [-0.1, -0.05) is 151 Å². The maximum atomic E-state index is 9.67. The van der Waals surface area contributed by atoms with Crippen LogP contribution in [-0.2, 0) is 0 Å². The third-order valence-electron chi connectivity index (χ3n) is 10.6. The third kappa shape index (κ3) is 3.65. The first-order chi connectivity index (χ1) is 29.1. The van der Waals surface area contributed by atoms with E-state index in [2.05, 4.69) is 42.5 Å². The van der Waals surface area contributed by atoms with E-state index >= 15 is 0 Å². The Bertz CT molecular complexity index is 3920. The lowest BCUT2D eigenvalue weighted by molar-refractivity contribution is 0.674. The first kappa shape index (κ1) is 20.1. The maximum Gasteiger partial charge on any atom is 0.143 e. The zero-order chi connectivity index (χ0) is 41.0. The fourth-order valence-electron chi connectivity index (χ4n) is 8.39. The molecule has 51 heavy (non-hydrogen) atoms. The molecule has 0 saturated carbocycles. The molecule has 12 rings (SSSR count). The number of furan rings is 1. The highest BCUT2D eigenvalue weighted by molar-refractivity contribution is 6.30. The van der Waals surface area contributed by atoms with Crippen molar-refractivity contribution >= 4 is 97.3 Å². The quantitative estimate of drug-likeness (QED) is 0.134. The van der Waals surface area contributed by atoms with Gasteiger partial charge >= 0.3 is 0 Å². The van der Waals surface area contributed by atoms with Gasteiger partial charge in [-0.05, 0) is 99.3 Å². The number of hydrogen-bond acceptors (Lipinski definition) is 1. The van der Waals surface area contributed by atoms with Crippen LogP contribution in [0, 0.1) is 0 Å². The molecule has 0 atom stereocenters. The lowest BCUT2D eigenvalue weighted by Crippen LogP contribution is -1.90. The van der Waals surface area contributed by atoms with Crippen molar-refractivity contribution in [1.29, 1.82) is 0 Å². The van der Waals surface area contributed by atoms with E-state index in [9.17, 15) is 5.48 Å². The molecule has 0 radical (unpaired) electrons. The van der Waals surface area contributed by atoms with Crippen LogP contribution in [0.2, 0.25) is 0 Å². The van der Waals surface area contributed by atoms with E-state index in [0.29, 0.717) is 22.1 Å². The van der Waals surface area contributed by atoms with Crippen LogP contribution in [0.4, 0.5) is 0 Å². The Morgan fingerprint density at radius 3 is 1.78 bits per heavy atom. The van der Waals surface area contributed by atoms with Crippen molar-refractivity contribution in [1.82, 2.24) is 0 Å². The Morgan fingerprint density at radius 2 is 0.961 bits per heavy atom. The average molecular weight is 654 g/mol. The van der Waals surface area contributed by atoms with E-state index in [-0.39, 0.29) is 62.1 Å². The summed E-state index contributed by atoms with van der Waals surface area (Å²) in [6.45, 7) is 0. The van der Waals surface area contributed by atoms with Crippen LogP contribution in [0.25, 0.3) is 120 Å². The zero-order valence-corrected chi connectivity index (χ0v) is 26.9. The van der Waals surface area contributed by atoms with Gasteiger partial charge in [0.2, 0.25) is 0 Å². The average Bonchev–Trinajstić information content (AvgIpc) is 3.67. The molecule has 0 aliphatic rings. The Labute approximate surface area is 305 Å². The molecule has 0 N–H and O–H groups in total. The van der Waals surface area contributed by atoms with Crippen LogP contribution in [0.1, 0.15) is 12.3 Å². The summed E-state index contributed by atoms with van der Waals surface area (Å²) in [7, 11) is 0. The summed E-state index contributed by atoms with van der Waals surface area (Å²) < 4.78 is 89.3. The molecule has 0 spiro atoms. The molecule has 12 aromatic rings. The van der Waals surface area contributed by atoms with E-state index in [0.717, 1.165) is 59.6 Å². The van der Waals surface area contributed by atoms with Gasteiger partial charge < -0.3 is 4.42 Å². The predicted molar refractivity (Wildman–Crippen MR) is 218 cm³/mol. The summed E-state index contributed by atoms with van der Waals surface area (Å²) in [5.74, 6) is 0. The topological polar surface area (TPSA) is 13.1 Å². The summed E-state index contributed by atoms with van der Waals surface area (Å²) in [6.07, 6.45) is 0. The monoisotopic (exact) mass is 653 g/mol. The zero-order valence-electron chi connectivity index (χ0n) is 35.9. The van der Waals surface area contributed by atoms with Gasteiger partial charge in [0.05, 0.1) is 12.3 Å². The van der Waals surface area contributed by atoms with Crippen molar-refractivity contribution in [2.45, 2.75) is 0 Å². The van der Waals surface area contributed by atoms with Gasteiger partial charge in [0.15, 0.2) is 0 Å². The van der Waals surface area contributed by atoms with Crippen LogP contribution >= 0.6 is 0 Å². The lowest BCUT2D eigenvalue weighted by atomic mass is 9.86. The van der Waals surface area contributed by atoms with Gasteiger partial charge in [0.25, 0.3) is 0 Å².